The van der Waals surface area contributed by atoms with Gasteiger partial charge in [0.25, 0.3) is 0 Å². The van der Waals surface area contributed by atoms with E-state index >= 15 is 0 Å². The molecule has 0 saturated heterocycles. The van der Waals surface area contributed by atoms with Gasteiger partial charge in [-0.25, -0.2) is 0 Å². The average molecular weight is 335 g/mol. The van der Waals surface area contributed by atoms with Gasteiger partial charge in [-0.3, -0.25) is 4.79 Å². The number of aromatic nitrogens is 3. The topological polar surface area (TPSA) is 60.2 Å². The van der Waals surface area contributed by atoms with E-state index in [1.807, 2.05) is 41.5 Å². The second-order valence-electron chi connectivity index (χ2n) is 5.68. The van der Waals surface area contributed by atoms with E-state index in [2.05, 4.69) is 10.2 Å². The van der Waals surface area contributed by atoms with Gasteiger partial charge in [0.2, 0.25) is 5.91 Å². The molecule has 1 amide bonds. The highest BCUT2D eigenvalue weighted by Crippen LogP contribution is 2.26. The molecule has 1 aromatic heterocycles. The molecule has 23 heavy (non-hydrogen) atoms. The van der Waals surface area contributed by atoms with Gasteiger partial charge in [0.1, 0.15) is 12.1 Å². The Bertz CT molecular complexity index is 716. The van der Waals surface area contributed by atoms with Gasteiger partial charge >= 0.3 is 0 Å². The molecule has 7 heteroatoms. The third kappa shape index (κ3) is 3.32. The van der Waals surface area contributed by atoms with E-state index in [4.69, 9.17) is 16.3 Å². The Morgan fingerprint density at radius 2 is 2.26 bits per heavy atom. The maximum Gasteiger partial charge on any atom is 0.226 e. The third-order valence-corrected chi connectivity index (χ3v) is 4.35. The normalized spacial score (nSPS) is 17.0. The molecule has 0 bridgehead atoms. The molecule has 0 N–H and O–H groups in total. The van der Waals surface area contributed by atoms with Crippen LogP contribution in [-0.4, -0.2) is 38.7 Å². The van der Waals surface area contributed by atoms with Crippen LogP contribution in [0.25, 0.3) is 0 Å². The summed E-state index contributed by atoms with van der Waals surface area (Å²) in [7, 11) is 0. The smallest absolute Gasteiger partial charge is 0.226 e. The van der Waals surface area contributed by atoms with Crippen LogP contribution >= 0.6 is 11.6 Å². The fraction of sp³-hybridized carbons (Fsp3) is 0.438. The molecule has 0 fully saturated rings. The van der Waals surface area contributed by atoms with Crippen molar-refractivity contribution in [3.05, 3.63) is 40.9 Å². The van der Waals surface area contributed by atoms with E-state index < -0.39 is 0 Å². The first-order chi connectivity index (χ1) is 11.1. The lowest BCUT2D eigenvalue weighted by atomic mass is 10.2. The van der Waals surface area contributed by atoms with Crippen molar-refractivity contribution < 1.29 is 9.53 Å². The lowest BCUT2D eigenvalue weighted by molar-refractivity contribution is -0.135. The summed E-state index contributed by atoms with van der Waals surface area (Å²) in [5, 5.41) is 8.56. The largest absolute Gasteiger partial charge is 0.491 e. The minimum absolute atomic E-state index is 0.0509. The van der Waals surface area contributed by atoms with Gasteiger partial charge in [-0.05, 0) is 31.5 Å². The number of carbonyl (C=O) groups excluding carboxylic acids is 1. The monoisotopic (exact) mass is 334 g/mol. The molecule has 3 rings (SSSR count). The fourth-order valence-corrected chi connectivity index (χ4v) is 3.05. The van der Waals surface area contributed by atoms with Crippen molar-refractivity contribution in [2.24, 2.45) is 0 Å². The van der Waals surface area contributed by atoms with Crippen molar-refractivity contribution >= 4 is 17.5 Å². The number of benzene rings is 1. The molecule has 1 aliphatic rings. The number of amides is 1. The molecule has 1 unspecified atom stereocenters. The van der Waals surface area contributed by atoms with Gasteiger partial charge in [-0.15, -0.1) is 10.2 Å². The fourth-order valence-electron chi connectivity index (χ4n) is 2.76. The van der Waals surface area contributed by atoms with Crippen LogP contribution in [0.5, 0.6) is 5.75 Å². The molecule has 0 aliphatic carbocycles. The van der Waals surface area contributed by atoms with Gasteiger partial charge in [0, 0.05) is 13.1 Å². The van der Waals surface area contributed by atoms with Crippen LogP contribution in [0.2, 0.25) is 5.02 Å². The second kappa shape index (κ2) is 6.58. The summed E-state index contributed by atoms with van der Waals surface area (Å²) in [5.74, 6) is 1.48. The number of halogens is 1. The molecule has 2 heterocycles. The molecule has 2 aromatic rings. The SMILES string of the molecule is Cc1ccc(OCCC(=O)N2CCn3cnnc3C2C)c(Cl)c1. The molecular formula is C16H19ClN4O2. The lowest BCUT2D eigenvalue weighted by Crippen LogP contribution is -2.41. The van der Waals surface area contributed by atoms with Gasteiger partial charge in [0.05, 0.1) is 24.1 Å². The van der Waals surface area contributed by atoms with E-state index in [9.17, 15) is 4.79 Å². The summed E-state index contributed by atoms with van der Waals surface area (Å²) in [6, 6.07) is 5.54. The Hall–Kier alpha value is -2.08. The standard InChI is InChI=1S/C16H19ClN4O2/c1-11-3-4-14(13(17)9-11)23-8-5-15(22)21-7-6-20-10-18-19-16(20)12(21)2/h3-4,9-10,12H,5-8H2,1-2H3. The van der Waals surface area contributed by atoms with Crippen LogP contribution in [0.1, 0.15) is 30.8 Å². The average Bonchev–Trinajstić information content (AvgIpc) is 2.99. The summed E-state index contributed by atoms with van der Waals surface area (Å²) in [5.41, 5.74) is 1.07. The molecule has 1 aliphatic heterocycles. The van der Waals surface area contributed by atoms with Crippen LogP contribution < -0.4 is 4.74 Å². The second-order valence-corrected chi connectivity index (χ2v) is 6.09. The minimum Gasteiger partial charge on any atom is -0.491 e. The number of carbonyl (C=O) groups is 1. The molecular weight excluding hydrogens is 316 g/mol. The Labute approximate surface area is 140 Å². The van der Waals surface area contributed by atoms with E-state index in [1.165, 1.54) is 0 Å². The first-order valence-electron chi connectivity index (χ1n) is 7.62. The lowest BCUT2D eigenvalue weighted by Gasteiger charge is -2.33. The third-order valence-electron chi connectivity index (χ3n) is 4.05. The number of hydrogen-bond donors (Lipinski definition) is 0. The van der Waals surface area contributed by atoms with Gasteiger partial charge in [-0.1, -0.05) is 17.7 Å². The zero-order chi connectivity index (χ0) is 16.4. The van der Waals surface area contributed by atoms with Gasteiger partial charge < -0.3 is 14.2 Å². The van der Waals surface area contributed by atoms with Gasteiger partial charge in [0.15, 0.2) is 5.82 Å². The highest BCUT2D eigenvalue weighted by atomic mass is 35.5. The summed E-state index contributed by atoms with van der Waals surface area (Å²) < 4.78 is 7.61. The minimum atomic E-state index is -0.0679. The number of rotatable bonds is 4. The van der Waals surface area contributed by atoms with Crippen LogP contribution in [0.4, 0.5) is 0 Å². The van der Waals surface area contributed by atoms with E-state index in [0.29, 0.717) is 30.3 Å². The number of ether oxygens (including phenoxy) is 1. The van der Waals surface area contributed by atoms with Crippen molar-refractivity contribution in [2.45, 2.75) is 32.9 Å². The summed E-state index contributed by atoms with van der Waals surface area (Å²) in [4.78, 5) is 14.2. The van der Waals surface area contributed by atoms with Crippen molar-refractivity contribution in [3.63, 3.8) is 0 Å². The quantitative estimate of drug-likeness (QED) is 0.862. The number of fused-ring (bicyclic) bond motifs is 1. The first-order valence-corrected chi connectivity index (χ1v) is 8.00. The van der Waals surface area contributed by atoms with Crippen molar-refractivity contribution in [2.75, 3.05) is 13.2 Å². The van der Waals surface area contributed by atoms with Crippen LogP contribution in [0.15, 0.2) is 24.5 Å². The summed E-state index contributed by atoms with van der Waals surface area (Å²) >= 11 is 6.12. The molecule has 1 aromatic carbocycles. The number of nitrogens with zero attached hydrogens (tertiary/aromatic N) is 4. The molecule has 122 valence electrons. The summed E-state index contributed by atoms with van der Waals surface area (Å²) in [6.07, 6.45) is 2.01. The highest BCUT2D eigenvalue weighted by molar-refractivity contribution is 6.32. The van der Waals surface area contributed by atoms with Crippen LogP contribution in [0.3, 0.4) is 0 Å². The molecule has 6 nitrogen and oxygen atoms in total. The molecule has 0 spiro atoms. The van der Waals surface area contributed by atoms with Crippen LogP contribution in [0, 0.1) is 6.92 Å². The first kappa shape index (κ1) is 15.8. The highest BCUT2D eigenvalue weighted by Gasteiger charge is 2.28. The number of hydrogen-bond acceptors (Lipinski definition) is 4. The maximum absolute atomic E-state index is 12.4. The predicted octanol–water partition coefficient (Wildman–Crippen LogP) is 2.61. The predicted molar refractivity (Wildman–Crippen MR) is 86.5 cm³/mol. The Kier molecular flexibility index (Phi) is 4.52. The van der Waals surface area contributed by atoms with Crippen molar-refractivity contribution in [1.29, 1.82) is 0 Å². The van der Waals surface area contributed by atoms with Gasteiger partial charge in [-0.2, -0.15) is 0 Å². The zero-order valence-corrected chi connectivity index (χ0v) is 14.0. The van der Waals surface area contributed by atoms with Crippen molar-refractivity contribution in [1.82, 2.24) is 19.7 Å². The molecule has 1 atom stereocenters. The maximum atomic E-state index is 12.4. The van der Waals surface area contributed by atoms with E-state index in [-0.39, 0.29) is 11.9 Å². The van der Waals surface area contributed by atoms with Crippen molar-refractivity contribution in [3.8, 4) is 5.75 Å². The Morgan fingerprint density at radius 3 is 3.04 bits per heavy atom. The summed E-state index contributed by atoms with van der Waals surface area (Å²) in [6.45, 7) is 5.63. The van der Waals surface area contributed by atoms with E-state index in [1.54, 1.807) is 6.33 Å². The van der Waals surface area contributed by atoms with E-state index in [0.717, 1.165) is 17.9 Å². The molecule has 0 radical (unpaired) electrons. The van der Waals surface area contributed by atoms with Crippen LogP contribution in [-0.2, 0) is 11.3 Å². The number of aryl methyl sites for hydroxylation is 1. The Morgan fingerprint density at radius 1 is 1.43 bits per heavy atom. The molecule has 0 saturated carbocycles. The Balaban J connectivity index is 1.56. The zero-order valence-electron chi connectivity index (χ0n) is 13.2.